The molecule has 190 valence electrons. The Morgan fingerprint density at radius 3 is 2.46 bits per heavy atom. The molecule has 0 radical (unpaired) electrons. The van der Waals surface area contributed by atoms with E-state index in [1.807, 2.05) is 31.2 Å². The molecule has 2 fully saturated rings. The van der Waals surface area contributed by atoms with Crippen LogP contribution >= 0.6 is 11.6 Å². The number of rotatable bonds is 7. The Balaban J connectivity index is 1.40. The highest BCUT2D eigenvalue weighted by Gasteiger charge is 2.35. The third-order valence-corrected chi connectivity index (χ3v) is 7.69. The molecule has 2 atom stereocenters. The minimum atomic E-state index is -0.660. The van der Waals surface area contributed by atoms with E-state index in [1.165, 1.54) is 0 Å². The van der Waals surface area contributed by atoms with Gasteiger partial charge in [0, 0.05) is 49.8 Å². The minimum absolute atomic E-state index is 0.00224. The molecule has 1 unspecified atom stereocenters. The highest BCUT2D eigenvalue weighted by Crippen LogP contribution is 2.30. The standard InChI is InChI=1S/C25H36ClN7O2/c1-3-19-14-32(25-16(2)29-22(24(28)35)23(27)30-25)12-13-33(19)20-8-10-31(11-9-20)21(15-34)17-4-6-18(26)7-5-17/h4-7,19-21,34H,3,8-15H2,1-2H3,(H2,27,30)(H2,28,35)/t19?,21-/m0/s1. The second-order valence-electron chi connectivity index (χ2n) is 9.49. The van der Waals surface area contributed by atoms with Crippen LogP contribution < -0.4 is 16.4 Å². The molecule has 0 spiro atoms. The van der Waals surface area contributed by atoms with Gasteiger partial charge >= 0.3 is 0 Å². The van der Waals surface area contributed by atoms with E-state index < -0.39 is 5.91 Å². The van der Waals surface area contributed by atoms with Crippen molar-refractivity contribution in [3.8, 4) is 0 Å². The first kappa shape index (κ1) is 25.6. The number of halogens is 1. The maximum atomic E-state index is 11.6. The summed E-state index contributed by atoms with van der Waals surface area (Å²) in [6.07, 6.45) is 3.17. The predicted molar refractivity (Wildman–Crippen MR) is 139 cm³/mol. The fourth-order valence-electron chi connectivity index (χ4n) is 5.56. The van der Waals surface area contributed by atoms with E-state index in [1.54, 1.807) is 0 Å². The average molecular weight is 502 g/mol. The SMILES string of the molecule is CCC1CN(c2nc(N)c(C(N)=O)nc2C)CCN1C1CCN([C@@H](CO)c2ccc(Cl)cc2)CC1. The zero-order valence-electron chi connectivity index (χ0n) is 20.5. The number of nitrogens with zero attached hydrogens (tertiary/aromatic N) is 5. The first-order valence-corrected chi connectivity index (χ1v) is 12.7. The number of carbonyl (C=O) groups is 1. The van der Waals surface area contributed by atoms with Gasteiger partial charge in [-0.25, -0.2) is 9.97 Å². The van der Waals surface area contributed by atoms with E-state index >= 15 is 0 Å². The number of hydrogen-bond donors (Lipinski definition) is 3. The maximum Gasteiger partial charge on any atom is 0.271 e. The summed E-state index contributed by atoms with van der Waals surface area (Å²) in [7, 11) is 0. The van der Waals surface area contributed by atoms with E-state index in [4.69, 9.17) is 23.1 Å². The normalized spacial score (nSPS) is 21.3. The van der Waals surface area contributed by atoms with E-state index in [0.29, 0.717) is 22.8 Å². The van der Waals surface area contributed by atoms with E-state index in [0.717, 1.165) is 63.4 Å². The van der Waals surface area contributed by atoms with E-state index in [2.05, 4.69) is 31.6 Å². The fraction of sp³-hybridized carbons (Fsp3) is 0.560. The number of piperazine rings is 1. The summed E-state index contributed by atoms with van der Waals surface area (Å²) in [6.45, 7) is 8.66. The van der Waals surface area contributed by atoms with Crippen molar-refractivity contribution in [3.05, 3.63) is 46.2 Å². The van der Waals surface area contributed by atoms with Gasteiger partial charge in [-0.05, 0) is 43.9 Å². The molecular weight excluding hydrogens is 466 g/mol. The summed E-state index contributed by atoms with van der Waals surface area (Å²) < 4.78 is 0. The lowest BCUT2D eigenvalue weighted by Crippen LogP contribution is -2.58. The molecule has 5 N–H and O–H groups in total. The zero-order chi connectivity index (χ0) is 25.1. The summed E-state index contributed by atoms with van der Waals surface area (Å²) in [6, 6.07) is 8.70. The molecule has 2 aliphatic heterocycles. The number of primary amides is 1. The van der Waals surface area contributed by atoms with Crippen molar-refractivity contribution in [2.45, 2.75) is 51.2 Å². The first-order valence-electron chi connectivity index (χ1n) is 12.4. The van der Waals surface area contributed by atoms with Crippen LogP contribution in [0.5, 0.6) is 0 Å². The molecule has 1 amide bonds. The zero-order valence-corrected chi connectivity index (χ0v) is 21.3. The number of nitrogen functional groups attached to an aromatic ring is 1. The number of aliphatic hydroxyl groups excluding tert-OH is 1. The topological polar surface area (TPSA) is 125 Å². The Morgan fingerprint density at radius 1 is 1.17 bits per heavy atom. The molecule has 1 aromatic carbocycles. The van der Waals surface area contributed by atoms with Crippen LogP contribution in [0.2, 0.25) is 5.02 Å². The van der Waals surface area contributed by atoms with Crippen LogP contribution in [0.1, 0.15) is 54.0 Å². The van der Waals surface area contributed by atoms with Crippen LogP contribution in [-0.4, -0.2) is 82.2 Å². The number of aryl methyl sites for hydroxylation is 1. The quantitative estimate of drug-likeness (QED) is 0.527. The Bertz CT molecular complexity index is 1030. The summed E-state index contributed by atoms with van der Waals surface area (Å²) in [5.74, 6) is 0.154. The predicted octanol–water partition coefficient (Wildman–Crippen LogP) is 2.22. The number of aromatic nitrogens is 2. The number of nitrogens with two attached hydrogens (primary N) is 2. The van der Waals surface area contributed by atoms with Gasteiger partial charge in [0.15, 0.2) is 17.3 Å². The summed E-state index contributed by atoms with van der Waals surface area (Å²) in [5.41, 5.74) is 13.1. The highest BCUT2D eigenvalue weighted by molar-refractivity contribution is 6.30. The number of amides is 1. The minimum Gasteiger partial charge on any atom is -0.394 e. The van der Waals surface area contributed by atoms with Crippen LogP contribution in [0, 0.1) is 6.92 Å². The second kappa shape index (κ2) is 11.1. The number of benzene rings is 1. The number of hydrogen-bond acceptors (Lipinski definition) is 8. The van der Waals surface area contributed by atoms with E-state index in [-0.39, 0.29) is 24.2 Å². The van der Waals surface area contributed by atoms with Gasteiger partial charge in [-0.3, -0.25) is 14.6 Å². The Kier molecular flexibility index (Phi) is 8.11. The lowest BCUT2D eigenvalue weighted by molar-refractivity contribution is 0.0356. The van der Waals surface area contributed by atoms with Crippen LogP contribution in [0.25, 0.3) is 0 Å². The number of piperidine rings is 1. The Hall–Kier alpha value is -2.46. The monoisotopic (exact) mass is 501 g/mol. The molecule has 3 heterocycles. The van der Waals surface area contributed by atoms with Gasteiger partial charge in [-0.15, -0.1) is 0 Å². The smallest absolute Gasteiger partial charge is 0.271 e. The molecule has 0 saturated carbocycles. The number of likely N-dealkylation sites (tertiary alicyclic amines) is 1. The highest BCUT2D eigenvalue weighted by atomic mass is 35.5. The van der Waals surface area contributed by atoms with Crippen molar-refractivity contribution in [2.75, 3.05) is 50.0 Å². The first-order chi connectivity index (χ1) is 16.8. The molecule has 2 aromatic rings. The van der Waals surface area contributed by atoms with Crippen molar-refractivity contribution < 1.29 is 9.90 Å². The van der Waals surface area contributed by atoms with E-state index in [9.17, 15) is 9.90 Å². The third kappa shape index (κ3) is 5.53. The molecule has 9 nitrogen and oxygen atoms in total. The largest absolute Gasteiger partial charge is 0.394 e. The molecule has 4 rings (SSSR count). The van der Waals surface area contributed by atoms with Crippen LogP contribution in [0.3, 0.4) is 0 Å². The Labute approximate surface area is 212 Å². The van der Waals surface area contributed by atoms with Crippen molar-refractivity contribution >= 4 is 29.1 Å². The second-order valence-corrected chi connectivity index (χ2v) is 9.93. The number of anilines is 2. The van der Waals surface area contributed by atoms with Gasteiger partial charge < -0.3 is 21.5 Å². The third-order valence-electron chi connectivity index (χ3n) is 7.44. The molecule has 2 saturated heterocycles. The molecule has 0 aliphatic carbocycles. The van der Waals surface area contributed by atoms with Crippen LogP contribution in [0.4, 0.5) is 11.6 Å². The van der Waals surface area contributed by atoms with Gasteiger partial charge in [0.05, 0.1) is 18.3 Å². The van der Waals surface area contributed by atoms with Crippen molar-refractivity contribution in [2.24, 2.45) is 5.73 Å². The van der Waals surface area contributed by atoms with Crippen LogP contribution in [0.15, 0.2) is 24.3 Å². The van der Waals surface area contributed by atoms with Gasteiger partial charge in [-0.2, -0.15) is 0 Å². The van der Waals surface area contributed by atoms with Crippen molar-refractivity contribution in [3.63, 3.8) is 0 Å². The van der Waals surface area contributed by atoms with Gasteiger partial charge in [0.2, 0.25) is 0 Å². The lowest BCUT2D eigenvalue weighted by atomic mass is 9.96. The average Bonchev–Trinajstić information content (AvgIpc) is 2.86. The molecule has 0 bridgehead atoms. The van der Waals surface area contributed by atoms with Gasteiger partial charge in [0.25, 0.3) is 5.91 Å². The van der Waals surface area contributed by atoms with Crippen molar-refractivity contribution in [1.29, 1.82) is 0 Å². The summed E-state index contributed by atoms with van der Waals surface area (Å²) in [5, 5.41) is 10.8. The Morgan fingerprint density at radius 2 is 1.86 bits per heavy atom. The molecule has 10 heteroatoms. The van der Waals surface area contributed by atoms with Gasteiger partial charge in [0.1, 0.15) is 0 Å². The number of carbonyl (C=O) groups excluding carboxylic acids is 1. The molecule has 2 aliphatic rings. The fourth-order valence-corrected chi connectivity index (χ4v) is 5.68. The van der Waals surface area contributed by atoms with Crippen LogP contribution in [-0.2, 0) is 0 Å². The number of aliphatic hydroxyl groups is 1. The summed E-state index contributed by atoms with van der Waals surface area (Å²) in [4.78, 5) is 27.6. The molecule has 35 heavy (non-hydrogen) atoms. The maximum absolute atomic E-state index is 11.6. The summed E-state index contributed by atoms with van der Waals surface area (Å²) >= 11 is 6.05. The lowest BCUT2D eigenvalue weighted by Gasteiger charge is -2.48. The van der Waals surface area contributed by atoms with Crippen molar-refractivity contribution in [1.82, 2.24) is 19.8 Å². The van der Waals surface area contributed by atoms with Gasteiger partial charge in [-0.1, -0.05) is 30.7 Å². The molecular formula is C25H36ClN7O2. The molecule has 1 aromatic heterocycles.